The van der Waals surface area contributed by atoms with Crippen LogP contribution in [0.5, 0.6) is 5.75 Å². The molecule has 0 amide bonds. The van der Waals surface area contributed by atoms with E-state index in [-0.39, 0.29) is 34.9 Å². The molecule has 0 heterocycles. The molecule has 0 spiro atoms. The molecular formula is C15H8O4. The second-order valence-corrected chi connectivity index (χ2v) is 4.10. The van der Waals surface area contributed by atoms with Gasteiger partial charge >= 0.3 is 0 Å². The van der Waals surface area contributed by atoms with Crippen LogP contribution >= 0.6 is 0 Å². The number of benzene rings is 2. The van der Waals surface area contributed by atoms with Crippen LogP contribution in [0.4, 0.5) is 0 Å². The first-order valence-electron chi connectivity index (χ1n) is 5.66. The van der Waals surface area contributed by atoms with Crippen molar-refractivity contribution in [1.82, 2.24) is 0 Å². The summed E-state index contributed by atoms with van der Waals surface area (Å²) in [5, 5.41) is 0. The molecule has 1 aliphatic carbocycles. The molecule has 3 rings (SSSR count). The van der Waals surface area contributed by atoms with Crippen LogP contribution in [0.15, 0.2) is 42.5 Å². The van der Waals surface area contributed by atoms with Crippen molar-refractivity contribution < 1.29 is 19.1 Å². The van der Waals surface area contributed by atoms with Gasteiger partial charge in [-0.3, -0.25) is 14.4 Å². The number of ether oxygens (including phenoxy) is 1. The van der Waals surface area contributed by atoms with Crippen LogP contribution in [0.1, 0.15) is 31.8 Å². The average Bonchev–Trinajstić information content (AvgIpc) is 2.45. The molecule has 4 heteroatoms. The second kappa shape index (κ2) is 4.17. The Balaban J connectivity index is 2.29. The van der Waals surface area contributed by atoms with E-state index >= 15 is 0 Å². The number of fused-ring (bicyclic) bond motifs is 2. The van der Waals surface area contributed by atoms with Crippen molar-refractivity contribution in [3.63, 3.8) is 0 Å². The molecule has 0 unspecified atom stereocenters. The zero-order chi connectivity index (χ0) is 13.4. The van der Waals surface area contributed by atoms with Gasteiger partial charge in [-0.05, 0) is 6.07 Å². The number of rotatable bonds is 2. The van der Waals surface area contributed by atoms with E-state index in [1.54, 1.807) is 36.4 Å². The van der Waals surface area contributed by atoms with E-state index < -0.39 is 0 Å². The van der Waals surface area contributed by atoms with Crippen LogP contribution < -0.4 is 4.74 Å². The highest BCUT2D eigenvalue weighted by molar-refractivity contribution is 6.29. The second-order valence-electron chi connectivity index (χ2n) is 4.10. The first-order valence-corrected chi connectivity index (χ1v) is 5.66. The molecule has 0 atom stereocenters. The normalized spacial score (nSPS) is 12.6. The topological polar surface area (TPSA) is 60.4 Å². The highest BCUT2D eigenvalue weighted by Gasteiger charge is 2.31. The van der Waals surface area contributed by atoms with Gasteiger partial charge in [-0.1, -0.05) is 36.4 Å². The molecule has 0 saturated heterocycles. The standard InChI is InChI=1S/C15H8O4/c16-8-19-12-7-3-6-11-13(12)15(18)10-5-2-1-4-9(10)14(11)17/h1-8H. The fourth-order valence-electron chi connectivity index (χ4n) is 2.26. The zero-order valence-electron chi connectivity index (χ0n) is 9.75. The molecule has 0 fully saturated rings. The Kier molecular flexibility index (Phi) is 2.49. The monoisotopic (exact) mass is 252 g/mol. The number of carbonyl (C=O) groups is 3. The van der Waals surface area contributed by atoms with Crippen molar-refractivity contribution in [2.45, 2.75) is 0 Å². The molecule has 2 aromatic rings. The smallest absolute Gasteiger partial charge is 0.298 e. The molecule has 92 valence electrons. The van der Waals surface area contributed by atoms with Crippen LogP contribution in [-0.4, -0.2) is 18.0 Å². The van der Waals surface area contributed by atoms with Crippen LogP contribution in [-0.2, 0) is 4.79 Å². The van der Waals surface area contributed by atoms with Crippen LogP contribution in [0.25, 0.3) is 0 Å². The van der Waals surface area contributed by atoms with Gasteiger partial charge in [0.1, 0.15) is 5.75 Å². The van der Waals surface area contributed by atoms with Gasteiger partial charge in [-0.25, -0.2) is 0 Å². The van der Waals surface area contributed by atoms with Crippen molar-refractivity contribution in [2.75, 3.05) is 0 Å². The molecule has 0 radical (unpaired) electrons. The van der Waals surface area contributed by atoms with E-state index in [2.05, 4.69) is 0 Å². The maximum Gasteiger partial charge on any atom is 0.298 e. The maximum absolute atomic E-state index is 12.4. The number of ketones is 2. The first kappa shape index (κ1) is 11.3. The molecule has 0 aromatic heterocycles. The summed E-state index contributed by atoms with van der Waals surface area (Å²) in [7, 11) is 0. The predicted octanol–water partition coefficient (Wildman–Crippen LogP) is 2.00. The van der Waals surface area contributed by atoms with Gasteiger partial charge in [-0.2, -0.15) is 0 Å². The van der Waals surface area contributed by atoms with Gasteiger partial charge < -0.3 is 4.74 Å². The minimum absolute atomic E-state index is 0.111. The van der Waals surface area contributed by atoms with Crippen molar-refractivity contribution >= 4 is 18.0 Å². The minimum atomic E-state index is -0.303. The highest BCUT2D eigenvalue weighted by Crippen LogP contribution is 2.32. The Morgan fingerprint density at radius 3 is 2.11 bits per heavy atom. The van der Waals surface area contributed by atoms with Gasteiger partial charge in [0.05, 0.1) is 5.56 Å². The lowest BCUT2D eigenvalue weighted by molar-refractivity contribution is -0.120. The van der Waals surface area contributed by atoms with E-state index in [1.807, 2.05) is 0 Å². The molecule has 2 aromatic carbocycles. The van der Waals surface area contributed by atoms with Crippen molar-refractivity contribution in [1.29, 1.82) is 0 Å². The van der Waals surface area contributed by atoms with E-state index in [9.17, 15) is 14.4 Å². The first-order chi connectivity index (χ1) is 9.24. The lowest BCUT2D eigenvalue weighted by atomic mass is 9.84. The van der Waals surface area contributed by atoms with Gasteiger partial charge in [0.25, 0.3) is 6.47 Å². The van der Waals surface area contributed by atoms with Crippen LogP contribution in [0.2, 0.25) is 0 Å². The predicted molar refractivity (Wildman–Crippen MR) is 66.4 cm³/mol. The summed E-state index contributed by atoms with van der Waals surface area (Å²) in [4.78, 5) is 35.2. The highest BCUT2D eigenvalue weighted by atomic mass is 16.5. The fraction of sp³-hybridized carbons (Fsp3) is 0. The Bertz CT molecular complexity index is 716. The van der Waals surface area contributed by atoms with Gasteiger partial charge in [0.2, 0.25) is 0 Å². The summed E-state index contributed by atoms with van der Waals surface area (Å²) in [5.41, 5.74) is 1.13. The molecule has 0 N–H and O–H groups in total. The minimum Gasteiger partial charge on any atom is -0.428 e. The molecule has 0 bridgehead atoms. The Morgan fingerprint density at radius 1 is 0.789 bits per heavy atom. The van der Waals surface area contributed by atoms with Crippen LogP contribution in [0.3, 0.4) is 0 Å². The zero-order valence-corrected chi connectivity index (χ0v) is 9.75. The Morgan fingerprint density at radius 2 is 1.42 bits per heavy atom. The summed E-state index contributed by atoms with van der Waals surface area (Å²) in [5.74, 6) is -0.426. The summed E-state index contributed by atoms with van der Waals surface area (Å²) in [6.07, 6.45) is 0. The molecule has 0 aliphatic heterocycles. The number of carbonyl (C=O) groups excluding carboxylic acids is 3. The van der Waals surface area contributed by atoms with Gasteiger partial charge in [0.15, 0.2) is 11.6 Å². The summed E-state index contributed by atoms with van der Waals surface area (Å²) in [6.45, 7) is 0.244. The molecule has 1 aliphatic rings. The fourth-order valence-corrected chi connectivity index (χ4v) is 2.26. The SMILES string of the molecule is O=COc1cccc2c1C(=O)c1ccccc1C2=O. The molecule has 0 saturated carbocycles. The van der Waals surface area contributed by atoms with E-state index in [1.165, 1.54) is 6.07 Å². The maximum atomic E-state index is 12.4. The summed E-state index contributed by atoms with van der Waals surface area (Å²) >= 11 is 0. The van der Waals surface area contributed by atoms with Crippen molar-refractivity contribution in [2.24, 2.45) is 0 Å². The van der Waals surface area contributed by atoms with E-state index in [4.69, 9.17) is 4.74 Å². The average molecular weight is 252 g/mol. The molecular weight excluding hydrogens is 244 g/mol. The lowest BCUT2D eigenvalue weighted by Gasteiger charge is -2.18. The number of hydrogen-bond acceptors (Lipinski definition) is 4. The largest absolute Gasteiger partial charge is 0.428 e. The summed E-state index contributed by atoms with van der Waals surface area (Å²) < 4.78 is 4.78. The number of hydrogen-bond donors (Lipinski definition) is 0. The third-order valence-corrected chi connectivity index (χ3v) is 3.09. The van der Waals surface area contributed by atoms with Gasteiger partial charge in [-0.15, -0.1) is 0 Å². The Labute approximate surface area is 108 Å². The van der Waals surface area contributed by atoms with Gasteiger partial charge in [0, 0.05) is 16.7 Å². The summed E-state index contributed by atoms with van der Waals surface area (Å²) in [6, 6.07) is 11.2. The van der Waals surface area contributed by atoms with Crippen molar-refractivity contribution in [3.05, 3.63) is 64.7 Å². The quantitative estimate of drug-likeness (QED) is 0.654. The van der Waals surface area contributed by atoms with Crippen molar-refractivity contribution in [3.8, 4) is 5.75 Å². The lowest BCUT2D eigenvalue weighted by Crippen LogP contribution is -2.21. The van der Waals surface area contributed by atoms with Crippen LogP contribution in [0, 0.1) is 0 Å². The molecule has 4 nitrogen and oxygen atoms in total. The third kappa shape index (κ3) is 1.57. The van der Waals surface area contributed by atoms with E-state index in [0.717, 1.165) is 0 Å². The molecule has 19 heavy (non-hydrogen) atoms. The Hall–Kier alpha value is -2.75. The van der Waals surface area contributed by atoms with E-state index in [0.29, 0.717) is 11.1 Å². The third-order valence-electron chi connectivity index (χ3n) is 3.09.